The highest BCUT2D eigenvalue weighted by Gasteiger charge is 2.15. The molecule has 0 aliphatic rings. The highest BCUT2D eigenvalue weighted by atomic mass is 16.2. The number of hydrogen-bond acceptors (Lipinski definition) is 5. The van der Waals surface area contributed by atoms with E-state index in [9.17, 15) is 4.79 Å². The normalized spacial score (nSPS) is 11.6. The first-order valence-corrected chi connectivity index (χ1v) is 8.47. The maximum Gasteiger partial charge on any atom is 0.351 e. The number of nitrogen functional groups attached to an aromatic ring is 1. The summed E-state index contributed by atoms with van der Waals surface area (Å²) in [5.74, 6) is 0.225. The van der Waals surface area contributed by atoms with Crippen molar-refractivity contribution in [3.8, 4) is 0 Å². The molecule has 0 aliphatic heterocycles. The Morgan fingerprint density at radius 3 is 2.70 bits per heavy atom. The van der Waals surface area contributed by atoms with Crippen LogP contribution >= 0.6 is 0 Å². The van der Waals surface area contributed by atoms with E-state index in [-0.39, 0.29) is 18.1 Å². The first-order chi connectivity index (χ1) is 13.0. The number of nitrogens with two attached hydrogens (primary N) is 1. The monoisotopic (exact) mass is 361 g/mol. The van der Waals surface area contributed by atoms with Crippen molar-refractivity contribution in [1.29, 1.82) is 0 Å². The molecular weight excluding hydrogens is 342 g/mol. The summed E-state index contributed by atoms with van der Waals surface area (Å²) in [6.45, 7) is 0.287. The van der Waals surface area contributed by atoms with E-state index >= 15 is 0 Å². The van der Waals surface area contributed by atoms with E-state index in [0.717, 1.165) is 11.3 Å². The summed E-state index contributed by atoms with van der Waals surface area (Å²) in [6.07, 6.45) is 1.72. The summed E-state index contributed by atoms with van der Waals surface area (Å²) < 4.78 is 2.90. The van der Waals surface area contributed by atoms with Crippen molar-refractivity contribution in [3.05, 3.63) is 64.6 Å². The minimum atomic E-state index is -0.262. The van der Waals surface area contributed by atoms with Gasteiger partial charge in [-0.1, -0.05) is 30.3 Å². The maximum absolute atomic E-state index is 13.0. The minimum Gasteiger partial charge on any atom is -0.381 e. The lowest BCUT2D eigenvalue weighted by Gasteiger charge is -2.06. The van der Waals surface area contributed by atoms with E-state index in [2.05, 4.69) is 15.1 Å². The van der Waals surface area contributed by atoms with Crippen LogP contribution in [-0.4, -0.2) is 44.5 Å². The fourth-order valence-electron chi connectivity index (χ4n) is 2.93. The van der Waals surface area contributed by atoms with Crippen LogP contribution in [0.2, 0.25) is 0 Å². The van der Waals surface area contributed by atoms with Gasteiger partial charge in [0.2, 0.25) is 5.65 Å². The Bertz CT molecular complexity index is 1220. The summed E-state index contributed by atoms with van der Waals surface area (Å²) in [5.41, 5.74) is 9.13. The second-order valence-corrected chi connectivity index (χ2v) is 6.42. The van der Waals surface area contributed by atoms with Crippen LogP contribution < -0.4 is 11.4 Å². The van der Waals surface area contributed by atoms with Crippen molar-refractivity contribution in [2.24, 2.45) is 4.99 Å². The van der Waals surface area contributed by atoms with Gasteiger partial charge in [0.25, 0.3) is 0 Å². The molecule has 0 unspecified atom stereocenters. The van der Waals surface area contributed by atoms with Crippen LogP contribution in [-0.2, 0) is 6.54 Å². The Morgan fingerprint density at radius 1 is 1.15 bits per heavy atom. The Balaban J connectivity index is 1.85. The fourth-order valence-corrected chi connectivity index (χ4v) is 2.93. The van der Waals surface area contributed by atoms with Gasteiger partial charge in [0.15, 0.2) is 5.82 Å². The van der Waals surface area contributed by atoms with Crippen LogP contribution in [0.4, 0.5) is 11.5 Å². The molecule has 0 atom stereocenters. The first-order valence-electron chi connectivity index (χ1n) is 8.47. The van der Waals surface area contributed by atoms with Gasteiger partial charge in [0.1, 0.15) is 0 Å². The number of hydrogen-bond donors (Lipinski definition) is 1. The molecule has 0 amide bonds. The van der Waals surface area contributed by atoms with Gasteiger partial charge in [-0.3, -0.25) is 0 Å². The zero-order chi connectivity index (χ0) is 19.0. The number of benzene rings is 2. The van der Waals surface area contributed by atoms with E-state index in [4.69, 9.17) is 5.73 Å². The zero-order valence-corrected chi connectivity index (χ0v) is 15.1. The second-order valence-electron chi connectivity index (χ2n) is 6.42. The van der Waals surface area contributed by atoms with E-state index in [1.165, 1.54) is 9.08 Å². The van der Waals surface area contributed by atoms with Gasteiger partial charge in [-0.25, -0.2) is 23.9 Å². The second kappa shape index (κ2) is 6.56. The molecule has 8 nitrogen and oxygen atoms in total. The van der Waals surface area contributed by atoms with Gasteiger partial charge >= 0.3 is 5.69 Å². The summed E-state index contributed by atoms with van der Waals surface area (Å²) in [6, 6.07) is 15.0. The Kier molecular flexibility index (Phi) is 4.08. The zero-order valence-electron chi connectivity index (χ0n) is 15.1. The molecule has 2 aromatic carbocycles. The third kappa shape index (κ3) is 3.01. The smallest absolute Gasteiger partial charge is 0.351 e. The molecule has 136 valence electrons. The molecule has 0 saturated heterocycles. The van der Waals surface area contributed by atoms with E-state index in [0.29, 0.717) is 16.7 Å². The number of para-hydroxylation sites is 3. The molecule has 8 heteroatoms. The molecule has 0 aliphatic carbocycles. The standard InChI is InChI=1S/C19H19N7O/c1-24(2)12-21-14-8-4-3-7-13(14)11-25-19(27)26-16-10-6-5-9-15(16)22-17(20)18(26)23-25/h3-10,12H,11H2,1-2H3,(H2,20,22)/b21-12-. The van der Waals surface area contributed by atoms with E-state index in [1.807, 2.05) is 67.5 Å². The van der Waals surface area contributed by atoms with Gasteiger partial charge < -0.3 is 10.6 Å². The summed E-state index contributed by atoms with van der Waals surface area (Å²) in [5, 5.41) is 4.41. The number of nitrogens with zero attached hydrogens (tertiary/aromatic N) is 6. The van der Waals surface area contributed by atoms with Crippen LogP contribution in [0.1, 0.15) is 5.56 Å². The molecule has 0 radical (unpaired) electrons. The van der Waals surface area contributed by atoms with Crippen molar-refractivity contribution < 1.29 is 0 Å². The van der Waals surface area contributed by atoms with Gasteiger partial charge in [0, 0.05) is 14.1 Å². The molecule has 2 N–H and O–H groups in total. The van der Waals surface area contributed by atoms with Crippen molar-refractivity contribution in [2.75, 3.05) is 19.8 Å². The summed E-state index contributed by atoms with van der Waals surface area (Å²) >= 11 is 0. The highest BCUT2D eigenvalue weighted by Crippen LogP contribution is 2.20. The Hall–Kier alpha value is -3.68. The largest absolute Gasteiger partial charge is 0.381 e. The SMILES string of the molecule is CN(C)/C=N\c1ccccc1Cn1nc2c(N)nc3ccccc3n2c1=O. The third-order valence-corrected chi connectivity index (χ3v) is 4.17. The Morgan fingerprint density at radius 2 is 1.89 bits per heavy atom. The lowest BCUT2D eigenvalue weighted by atomic mass is 10.2. The first kappa shape index (κ1) is 16.8. The van der Waals surface area contributed by atoms with E-state index in [1.54, 1.807) is 6.34 Å². The van der Waals surface area contributed by atoms with Crippen LogP contribution in [0.3, 0.4) is 0 Å². The molecule has 2 heterocycles. The Labute approximate surface area is 155 Å². The molecular formula is C19H19N7O. The van der Waals surface area contributed by atoms with Gasteiger partial charge in [-0.15, -0.1) is 5.10 Å². The van der Waals surface area contributed by atoms with Crippen molar-refractivity contribution in [3.63, 3.8) is 0 Å². The van der Waals surface area contributed by atoms with Gasteiger partial charge in [-0.05, 0) is 23.8 Å². The average Bonchev–Trinajstić information content (AvgIpc) is 2.98. The van der Waals surface area contributed by atoms with E-state index < -0.39 is 0 Å². The van der Waals surface area contributed by atoms with Crippen molar-refractivity contribution in [1.82, 2.24) is 24.1 Å². The summed E-state index contributed by atoms with van der Waals surface area (Å²) in [7, 11) is 3.80. The number of aliphatic imine (C=N–C) groups is 1. The lowest BCUT2D eigenvalue weighted by molar-refractivity contribution is 0.642. The van der Waals surface area contributed by atoms with Crippen molar-refractivity contribution in [2.45, 2.75) is 6.54 Å². The average molecular weight is 361 g/mol. The quantitative estimate of drug-likeness (QED) is 0.443. The molecule has 4 rings (SSSR count). The number of fused-ring (bicyclic) bond motifs is 3. The molecule has 0 bridgehead atoms. The minimum absolute atomic E-state index is 0.225. The van der Waals surface area contributed by atoms with Gasteiger partial charge in [0.05, 0.1) is 29.6 Å². The topological polar surface area (TPSA) is 93.8 Å². The van der Waals surface area contributed by atoms with Gasteiger partial charge in [-0.2, -0.15) is 0 Å². The molecule has 4 aromatic rings. The molecule has 0 fully saturated rings. The van der Waals surface area contributed by atoms with Crippen molar-refractivity contribution >= 4 is 34.5 Å². The van der Waals surface area contributed by atoms with Crippen LogP contribution in [0.25, 0.3) is 16.7 Å². The van der Waals surface area contributed by atoms with Crippen LogP contribution in [0.15, 0.2) is 58.3 Å². The predicted octanol–water partition coefficient (Wildman–Crippen LogP) is 1.90. The molecule has 27 heavy (non-hydrogen) atoms. The maximum atomic E-state index is 13.0. The third-order valence-electron chi connectivity index (χ3n) is 4.17. The molecule has 0 spiro atoms. The fraction of sp³-hybridized carbons (Fsp3) is 0.158. The molecule has 2 aromatic heterocycles. The number of aromatic nitrogens is 4. The van der Waals surface area contributed by atoms with Crippen LogP contribution in [0.5, 0.6) is 0 Å². The predicted molar refractivity (Wildman–Crippen MR) is 107 cm³/mol. The number of rotatable bonds is 4. The summed E-state index contributed by atoms with van der Waals surface area (Å²) in [4.78, 5) is 23.7. The molecule has 0 saturated carbocycles. The highest BCUT2D eigenvalue weighted by molar-refractivity contribution is 5.81. The number of anilines is 1. The lowest BCUT2D eigenvalue weighted by Crippen LogP contribution is -2.22. The van der Waals surface area contributed by atoms with Crippen LogP contribution in [0, 0.1) is 0 Å².